The van der Waals surface area contributed by atoms with Crippen LogP contribution in [0.1, 0.15) is 18.4 Å². The third-order valence-corrected chi connectivity index (χ3v) is 6.55. The van der Waals surface area contributed by atoms with Crippen molar-refractivity contribution in [2.24, 2.45) is 0 Å². The third kappa shape index (κ3) is 4.46. The predicted molar refractivity (Wildman–Crippen MR) is 129 cm³/mol. The van der Waals surface area contributed by atoms with Crippen LogP contribution in [-0.4, -0.2) is 53.9 Å². The van der Waals surface area contributed by atoms with Gasteiger partial charge in [0.25, 0.3) is 0 Å². The molecule has 33 heavy (non-hydrogen) atoms. The summed E-state index contributed by atoms with van der Waals surface area (Å²) in [7, 11) is 0. The van der Waals surface area contributed by atoms with Crippen molar-refractivity contribution < 1.29 is 15.3 Å². The number of likely N-dealkylation sites (tertiary alicyclic amines) is 1. The lowest BCUT2D eigenvalue weighted by Gasteiger charge is -2.33. The normalized spacial score (nSPS) is 15.2. The van der Waals surface area contributed by atoms with Gasteiger partial charge < -0.3 is 20.6 Å². The number of hydrogen-bond donors (Lipinski definition) is 4. The Kier molecular flexibility index (Phi) is 5.82. The number of phenolic OH excluding ortho intramolecular Hbond substituents is 3. The summed E-state index contributed by atoms with van der Waals surface area (Å²) in [4.78, 5) is 7.04. The van der Waals surface area contributed by atoms with E-state index in [4.69, 9.17) is 4.98 Å². The Hall–Kier alpha value is -3.30. The molecule has 0 bridgehead atoms. The van der Waals surface area contributed by atoms with Crippen molar-refractivity contribution in [2.75, 3.05) is 18.4 Å². The molecule has 1 fully saturated rings. The number of piperidine rings is 1. The second-order valence-corrected chi connectivity index (χ2v) is 9.14. The van der Waals surface area contributed by atoms with Crippen LogP contribution in [0.3, 0.4) is 0 Å². The molecule has 5 rings (SSSR count). The zero-order valence-corrected chi connectivity index (χ0v) is 19.4. The molecule has 0 saturated carbocycles. The number of anilines is 1. The number of hydrogen-bond acceptors (Lipinski definition) is 7. The molecule has 2 aromatic heterocycles. The Balaban J connectivity index is 1.32. The second kappa shape index (κ2) is 8.92. The van der Waals surface area contributed by atoms with Crippen molar-refractivity contribution in [2.45, 2.75) is 25.4 Å². The van der Waals surface area contributed by atoms with E-state index in [1.807, 2.05) is 24.3 Å². The minimum Gasteiger partial charge on any atom is -0.507 e. The Morgan fingerprint density at radius 1 is 0.970 bits per heavy atom. The molecule has 4 N–H and O–H groups in total. The number of para-hydroxylation sites is 1. The van der Waals surface area contributed by atoms with E-state index in [1.54, 1.807) is 28.9 Å². The van der Waals surface area contributed by atoms with Gasteiger partial charge in [0.05, 0.1) is 16.4 Å². The maximum absolute atomic E-state index is 10.3. The van der Waals surface area contributed by atoms with Crippen LogP contribution in [0.15, 0.2) is 59.2 Å². The highest BCUT2D eigenvalue weighted by atomic mass is 79.9. The molecule has 0 aliphatic carbocycles. The molecule has 8 nitrogen and oxygen atoms in total. The van der Waals surface area contributed by atoms with Crippen LogP contribution in [0.4, 0.5) is 5.82 Å². The van der Waals surface area contributed by atoms with Gasteiger partial charge in [0.15, 0.2) is 17.1 Å². The van der Waals surface area contributed by atoms with E-state index in [1.165, 1.54) is 6.07 Å². The number of halogens is 1. The van der Waals surface area contributed by atoms with Gasteiger partial charge in [-0.1, -0.05) is 18.2 Å². The topological polar surface area (TPSA) is 106 Å². The zero-order chi connectivity index (χ0) is 22.9. The quantitative estimate of drug-likeness (QED) is 0.296. The lowest BCUT2D eigenvalue weighted by Crippen LogP contribution is -2.39. The van der Waals surface area contributed by atoms with Crippen molar-refractivity contribution >= 4 is 27.4 Å². The number of nitrogens with zero attached hydrogens (tertiary/aromatic N) is 4. The highest BCUT2D eigenvalue weighted by Gasteiger charge is 2.22. The minimum absolute atomic E-state index is 0.0867. The molecule has 0 atom stereocenters. The van der Waals surface area contributed by atoms with E-state index in [2.05, 4.69) is 31.2 Å². The molecular formula is C24H24BrN5O3. The Morgan fingerprint density at radius 3 is 2.52 bits per heavy atom. The molecule has 2 aromatic carbocycles. The molecule has 0 amide bonds. The lowest BCUT2D eigenvalue weighted by atomic mass is 10.0. The standard InChI is InChI=1S/C24H24BrN5O3/c25-18-13-26-30-23(12-19(28-24(18)30)17-3-1-2-4-20(17)31)27-16-7-9-29(10-8-16)14-15-5-6-21(32)22(33)11-15/h1-6,11-13,16,27,31-33H,7-10,14H2. The number of aromatic hydroxyl groups is 3. The van der Waals surface area contributed by atoms with Crippen LogP contribution >= 0.6 is 15.9 Å². The molecule has 1 aliphatic heterocycles. The highest BCUT2D eigenvalue weighted by molar-refractivity contribution is 9.10. The molecule has 0 unspecified atom stereocenters. The van der Waals surface area contributed by atoms with E-state index in [9.17, 15) is 15.3 Å². The average Bonchev–Trinajstić information content (AvgIpc) is 3.19. The fourth-order valence-corrected chi connectivity index (χ4v) is 4.59. The number of phenols is 3. The van der Waals surface area contributed by atoms with Gasteiger partial charge in [0.2, 0.25) is 0 Å². The minimum atomic E-state index is -0.0984. The summed E-state index contributed by atoms with van der Waals surface area (Å²) in [6.07, 6.45) is 3.61. The van der Waals surface area contributed by atoms with Crippen LogP contribution in [-0.2, 0) is 6.54 Å². The summed E-state index contributed by atoms with van der Waals surface area (Å²) in [5.41, 5.74) is 3.00. The first-order chi connectivity index (χ1) is 16.0. The summed E-state index contributed by atoms with van der Waals surface area (Å²) in [5.74, 6) is 0.825. The largest absolute Gasteiger partial charge is 0.507 e. The van der Waals surface area contributed by atoms with Crippen molar-refractivity contribution in [1.29, 1.82) is 0 Å². The van der Waals surface area contributed by atoms with Crippen LogP contribution < -0.4 is 5.32 Å². The molecule has 3 heterocycles. The molecule has 170 valence electrons. The number of nitrogens with one attached hydrogen (secondary N) is 1. The van der Waals surface area contributed by atoms with E-state index >= 15 is 0 Å². The van der Waals surface area contributed by atoms with E-state index < -0.39 is 0 Å². The Morgan fingerprint density at radius 2 is 1.76 bits per heavy atom. The van der Waals surface area contributed by atoms with Gasteiger partial charge in [-0.15, -0.1) is 0 Å². The van der Waals surface area contributed by atoms with Crippen LogP contribution in [0.2, 0.25) is 0 Å². The molecule has 1 saturated heterocycles. The maximum Gasteiger partial charge on any atom is 0.172 e. The van der Waals surface area contributed by atoms with Gasteiger partial charge in [-0.2, -0.15) is 9.61 Å². The molecule has 9 heteroatoms. The van der Waals surface area contributed by atoms with Gasteiger partial charge >= 0.3 is 0 Å². The van der Waals surface area contributed by atoms with Crippen molar-refractivity contribution in [3.05, 3.63) is 64.8 Å². The monoisotopic (exact) mass is 509 g/mol. The predicted octanol–water partition coefficient (Wildman–Crippen LogP) is 4.35. The van der Waals surface area contributed by atoms with E-state index in [0.717, 1.165) is 48.3 Å². The van der Waals surface area contributed by atoms with Gasteiger partial charge in [-0.05, 0) is 58.6 Å². The zero-order valence-electron chi connectivity index (χ0n) is 17.8. The SMILES string of the molecule is Oc1ccc(CN2CCC(Nc3cc(-c4ccccc4O)nc4c(Br)cnn34)CC2)cc1O. The van der Waals surface area contributed by atoms with Gasteiger partial charge in [-0.3, -0.25) is 4.90 Å². The van der Waals surface area contributed by atoms with E-state index in [0.29, 0.717) is 16.9 Å². The van der Waals surface area contributed by atoms with Crippen molar-refractivity contribution in [3.63, 3.8) is 0 Å². The average molecular weight is 510 g/mol. The fraction of sp³-hybridized carbons (Fsp3) is 0.250. The van der Waals surface area contributed by atoms with Crippen molar-refractivity contribution in [3.8, 4) is 28.5 Å². The smallest absolute Gasteiger partial charge is 0.172 e. The summed E-state index contributed by atoms with van der Waals surface area (Å²) in [6.45, 7) is 2.54. The Bertz CT molecular complexity index is 1300. The number of aromatic nitrogens is 3. The van der Waals surface area contributed by atoms with Gasteiger partial charge in [0, 0.05) is 37.3 Å². The van der Waals surface area contributed by atoms with Gasteiger partial charge in [-0.25, -0.2) is 4.98 Å². The summed E-state index contributed by atoms with van der Waals surface area (Å²) in [6, 6.07) is 14.3. The molecule has 1 aliphatic rings. The first kappa shape index (κ1) is 21.5. The number of benzene rings is 2. The second-order valence-electron chi connectivity index (χ2n) is 8.29. The number of fused-ring (bicyclic) bond motifs is 1. The number of rotatable bonds is 5. The van der Waals surface area contributed by atoms with Crippen LogP contribution in [0.25, 0.3) is 16.9 Å². The fourth-order valence-electron chi connectivity index (χ4n) is 4.24. The summed E-state index contributed by atoms with van der Waals surface area (Å²) >= 11 is 3.52. The molecule has 0 radical (unpaired) electrons. The van der Waals surface area contributed by atoms with Crippen LogP contribution in [0, 0.1) is 0 Å². The molecule has 0 spiro atoms. The lowest BCUT2D eigenvalue weighted by molar-refractivity contribution is 0.211. The first-order valence-corrected chi connectivity index (χ1v) is 11.6. The third-order valence-electron chi connectivity index (χ3n) is 5.99. The summed E-state index contributed by atoms with van der Waals surface area (Å²) < 4.78 is 2.56. The maximum atomic E-state index is 10.3. The van der Waals surface area contributed by atoms with Gasteiger partial charge in [0.1, 0.15) is 11.6 Å². The summed E-state index contributed by atoms with van der Waals surface area (Å²) in [5, 5.41) is 37.6. The molecular weight excluding hydrogens is 486 g/mol. The highest BCUT2D eigenvalue weighted by Crippen LogP contribution is 2.32. The first-order valence-electron chi connectivity index (χ1n) is 10.8. The van der Waals surface area contributed by atoms with E-state index in [-0.39, 0.29) is 23.3 Å². The van der Waals surface area contributed by atoms with Crippen LogP contribution in [0.5, 0.6) is 17.2 Å². The Labute approximate surface area is 199 Å². The molecule has 4 aromatic rings. The van der Waals surface area contributed by atoms with Crippen molar-refractivity contribution in [1.82, 2.24) is 19.5 Å².